The van der Waals surface area contributed by atoms with Gasteiger partial charge in [0.15, 0.2) is 6.10 Å². The van der Waals surface area contributed by atoms with Crippen molar-refractivity contribution in [1.82, 2.24) is 4.98 Å². The molecule has 0 bridgehead atoms. The second kappa shape index (κ2) is 5.21. The first kappa shape index (κ1) is 14.2. The summed E-state index contributed by atoms with van der Waals surface area (Å²) >= 11 is 0. The van der Waals surface area contributed by atoms with Gasteiger partial charge in [0.2, 0.25) is 0 Å². The highest BCUT2D eigenvalue weighted by molar-refractivity contribution is 5.89. The Bertz CT molecular complexity index is 448. The van der Waals surface area contributed by atoms with E-state index < -0.39 is 24.8 Å². The SMILES string of the molecule is Cc1nc(NCC(O)C(F)(F)F)ccc1C(=O)O. The Hall–Kier alpha value is -1.83. The standard InChI is InChI=1S/C10H11F3N2O3/c1-5-6(9(17)18)2-3-8(15-5)14-4-7(16)10(11,12)13/h2-3,7,16H,4H2,1H3,(H,14,15)(H,17,18). The molecule has 0 aromatic carbocycles. The minimum Gasteiger partial charge on any atom is -0.478 e. The van der Waals surface area contributed by atoms with Crippen LogP contribution in [0.25, 0.3) is 0 Å². The number of pyridine rings is 1. The number of nitrogens with one attached hydrogen (secondary N) is 1. The van der Waals surface area contributed by atoms with Gasteiger partial charge in [-0.2, -0.15) is 13.2 Å². The van der Waals surface area contributed by atoms with Gasteiger partial charge in [-0.05, 0) is 19.1 Å². The van der Waals surface area contributed by atoms with E-state index in [1.54, 1.807) is 0 Å². The lowest BCUT2D eigenvalue weighted by molar-refractivity contribution is -0.198. The van der Waals surface area contributed by atoms with Gasteiger partial charge in [0, 0.05) is 0 Å². The fourth-order valence-corrected chi connectivity index (χ4v) is 1.20. The third kappa shape index (κ3) is 3.59. The number of anilines is 1. The lowest BCUT2D eigenvalue weighted by atomic mass is 10.2. The number of hydrogen-bond acceptors (Lipinski definition) is 4. The maximum Gasteiger partial charge on any atom is 0.416 e. The molecular weight excluding hydrogens is 253 g/mol. The molecular formula is C10H11F3N2O3. The van der Waals surface area contributed by atoms with E-state index >= 15 is 0 Å². The number of aliphatic hydroxyl groups excluding tert-OH is 1. The molecule has 0 aliphatic heterocycles. The lowest BCUT2D eigenvalue weighted by Crippen LogP contribution is -2.35. The smallest absolute Gasteiger partial charge is 0.416 e. The van der Waals surface area contributed by atoms with Crippen LogP contribution in [0.1, 0.15) is 16.1 Å². The van der Waals surface area contributed by atoms with Gasteiger partial charge in [0.05, 0.1) is 17.8 Å². The normalized spacial score (nSPS) is 13.2. The average molecular weight is 264 g/mol. The number of aryl methyl sites for hydroxylation is 1. The number of aliphatic hydroxyl groups is 1. The maximum atomic E-state index is 12.0. The minimum atomic E-state index is -4.71. The molecule has 3 N–H and O–H groups in total. The van der Waals surface area contributed by atoms with Crippen LogP contribution in [0.15, 0.2) is 12.1 Å². The Morgan fingerprint density at radius 2 is 2.11 bits per heavy atom. The predicted octanol–water partition coefficient (Wildman–Crippen LogP) is 1.42. The molecule has 0 aliphatic rings. The Morgan fingerprint density at radius 3 is 2.56 bits per heavy atom. The summed E-state index contributed by atoms with van der Waals surface area (Å²) < 4.78 is 36.0. The number of carbonyl (C=O) groups is 1. The summed E-state index contributed by atoms with van der Waals surface area (Å²) in [5.74, 6) is -1.09. The van der Waals surface area contributed by atoms with Crippen molar-refractivity contribution in [2.45, 2.75) is 19.2 Å². The molecule has 0 saturated carbocycles. The molecule has 1 rings (SSSR count). The van der Waals surface area contributed by atoms with Gasteiger partial charge in [-0.25, -0.2) is 9.78 Å². The summed E-state index contributed by atoms with van der Waals surface area (Å²) in [6.07, 6.45) is -7.21. The molecule has 18 heavy (non-hydrogen) atoms. The summed E-state index contributed by atoms with van der Waals surface area (Å²) in [4.78, 5) is 14.5. The number of alkyl halides is 3. The zero-order valence-electron chi connectivity index (χ0n) is 9.32. The summed E-state index contributed by atoms with van der Waals surface area (Å²) in [5.41, 5.74) is 0.144. The molecule has 0 radical (unpaired) electrons. The number of rotatable bonds is 4. The van der Waals surface area contributed by atoms with E-state index in [0.29, 0.717) is 0 Å². The highest BCUT2D eigenvalue weighted by Gasteiger charge is 2.37. The van der Waals surface area contributed by atoms with Crippen molar-refractivity contribution in [2.75, 3.05) is 11.9 Å². The number of hydrogen-bond donors (Lipinski definition) is 3. The number of carboxylic acids is 1. The van der Waals surface area contributed by atoms with Gasteiger partial charge in [0.1, 0.15) is 5.82 Å². The molecule has 8 heteroatoms. The lowest BCUT2D eigenvalue weighted by Gasteiger charge is -2.15. The van der Waals surface area contributed by atoms with Crippen LogP contribution >= 0.6 is 0 Å². The average Bonchev–Trinajstić information content (AvgIpc) is 2.24. The maximum absolute atomic E-state index is 12.0. The summed E-state index contributed by atoms with van der Waals surface area (Å²) in [7, 11) is 0. The highest BCUT2D eigenvalue weighted by atomic mass is 19.4. The zero-order valence-corrected chi connectivity index (χ0v) is 9.32. The van der Waals surface area contributed by atoms with Gasteiger partial charge in [0.25, 0.3) is 0 Å². The van der Waals surface area contributed by atoms with Crippen LogP contribution in [0.2, 0.25) is 0 Å². The van der Waals surface area contributed by atoms with E-state index in [-0.39, 0.29) is 17.1 Å². The van der Waals surface area contributed by atoms with Crippen molar-refractivity contribution in [3.8, 4) is 0 Å². The van der Waals surface area contributed by atoms with Crippen LogP contribution in [0.4, 0.5) is 19.0 Å². The van der Waals surface area contributed by atoms with Crippen molar-refractivity contribution in [3.05, 3.63) is 23.4 Å². The summed E-state index contributed by atoms with van der Waals surface area (Å²) in [6, 6.07) is 2.46. The molecule has 1 atom stereocenters. The van der Waals surface area contributed by atoms with Crippen LogP contribution in [-0.2, 0) is 0 Å². The van der Waals surface area contributed by atoms with Crippen LogP contribution in [0.5, 0.6) is 0 Å². The van der Waals surface area contributed by atoms with Crippen LogP contribution in [-0.4, -0.2) is 40.0 Å². The largest absolute Gasteiger partial charge is 0.478 e. The molecule has 0 aliphatic carbocycles. The third-order valence-electron chi connectivity index (χ3n) is 2.17. The van der Waals surface area contributed by atoms with E-state index in [4.69, 9.17) is 10.2 Å². The zero-order chi connectivity index (χ0) is 13.9. The van der Waals surface area contributed by atoms with Crippen LogP contribution < -0.4 is 5.32 Å². The fraction of sp³-hybridized carbons (Fsp3) is 0.400. The molecule has 100 valence electrons. The van der Waals surface area contributed by atoms with E-state index in [1.165, 1.54) is 19.1 Å². The Labute approximate surface area is 100 Å². The summed E-state index contributed by atoms with van der Waals surface area (Å²) in [6.45, 7) is 0.678. The van der Waals surface area contributed by atoms with Gasteiger partial charge in [-0.15, -0.1) is 0 Å². The molecule has 5 nitrogen and oxygen atoms in total. The van der Waals surface area contributed by atoms with Crippen LogP contribution in [0, 0.1) is 6.92 Å². The molecule has 1 aromatic rings. The van der Waals surface area contributed by atoms with Gasteiger partial charge < -0.3 is 15.5 Å². The molecule has 1 unspecified atom stereocenters. The molecule has 0 spiro atoms. The Morgan fingerprint density at radius 1 is 1.50 bits per heavy atom. The topological polar surface area (TPSA) is 82.5 Å². The molecule has 1 heterocycles. The van der Waals surface area contributed by atoms with Crippen molar-refractivity contribution in [1.29, 1.82) is 0 Å². The summed E-state index contributed by atoms with van der Waals surface area (Å²) in [5, 5.41) is 19.8. The number of aromatic carboxylic acids is 1. The van der Waals surface area contributed by atoms with E-state index in [2.05, 4.69) is 10.3 Å². The Balaban J connectivity index is 2.70. The number of aromatic nitrogens is 1. The van der Waals surface area contributed by atoms with Crippen molar-refractivity contribution < 1.29 is 28.2 Å². The van der Waals surface area contributed by atoms with Gasteiger partial charge in [-0.3, -0.25) is 0 Å². The number of halogens is 3. The fourth-order valence-electron chi connectivity index (χ4n) is 1.20. The minimum absolute atomic E-state index is 0.0306. The molecule has 0 saturated heterocycles. The van der Waals surface area contributed by atoms with Gasteiger partial charge in [-0.1, -0.05) is 0 Å². The van der Waals surface area contributed by atoms with Crippen molar-refractivity contribution in [2.24, 2.45) is 0 Å². The highest BCUT2D eigenvalue weighted by Crippen LogP contribution is 2.20. The van der Waals surface area contributed by atoms with Crippen LogP contribution in [0.3, 0.4) is 0 Å². The van der Waals surface area contributed by atoms with E-state index in [9.17, 15) is 18.0 Å². The first-order valence-corrected chi connectivity index (χ1v) is 4.91. The van der Waals surface area contributed by atoms with Crippen molar-refractivity contribution in [3.63, 3.8) is 0 Å². The first-order valence-electron chi connectivity index (χ1n) is 4.91. The number of nitrogens with zero attached hydrogens (tertiary/aromatic N) is 1. The number of carboxylic acid groups (broad SMARTS) is 1. The first-order chi connectivity index (χ1) is 8.21. The second-order valence-electron chi connectivity index (χ2n) is 3.57. The van der Waals surface area contributed by atoms with Gasteiger partial charge >= 0.3 is 12.1 Å². The van der Waals surface area contributed by atoms with E-state index in [1.807, 2.05) is 0 Å². The second-order valence-corrected chi connectivity index (χ2v) is 3.57. The Kier molecular flexibility index (Phi) is 4.12. The predicted molar refractivity (Wildman–Crippen MR) is 56.5 cm³/mol. The molecule has 1 aromatic heterocycles. The quantitative estimate of drug-likeness (QED) is 0.766. The van der Waals surface area contributed by atoms with E-state index in [0.717, 1.165) is 0 Å². The molecule has 0 amide bonds. The third-order valence-corrected chi connectivity index (χ3v) is 2.17. The van der Waals surface area contributed by atoms with Crippen molar-refractivity contribution >= 4 is 11.8 Å². The molecule has 0 fully saturated rings. The monoisotopic (exact) mass is 264 g/mol.